The van der Waals surface area contributed by atoms with Crippen molar-refractivity contribution in [3.05, 3.63) is 35.7 Å². The van der Waals surface area contributed by atoms with Crippen molar-refractivity contribution < 1.29 is 5.11 Å². The van der Waals surface area contributed by atoms with Gasteiger partial charge in [0.1, 0.15) is 11.4 Å². The quantitative estimate of drug-likeness (QED) is 0.887. The molecule has 0 atom stereocenters. The zero-order valence-corrected chi connectivity index (χ0v) is 16.2. The summed E-state index contributed by atoms with van der Waals surface area (Å²) in [6, 6.07) is 3.98. The van der Waals surface area contributed by atoms with Crippen LogP contribution in [0.25, 0.3) is 11.3 Å². The Morgan fingerprint density at radius 3 is 2.23 bits per heavy atom. The molecule has 0 radical (unpaired) electrons. The van der Waals surface area contributed by atoms with Gasteiger partial charge in [0.05, 0.1) is 0 Å². The molecular weight excluding hydrogens is 326 g/mol. The van der Waals surface area contributed by atoms with E-state index in [2.05, 4.69) is 38.8 Å². The summed E-state index contributed by atoms with van der Waals surface area (Å²) in [7, 11) is 4.23. The minimum Gasteiger partial charge on any atom is -0.507 e. The first-order valence-corrected chi connectivity index (χ1v) is 9.19. The van der Waals surface area contributed by atoms with Crippen LogP contribution in [0.3, 0.4) is 0 Å². The van der Waals surface area contributed by atoms with Crippen LogP contribution in [0, 0.1) is 13.8 Å². The van der Waals surface area contributed by atoms with Gasteiger partial charge in [0.25, 0.3) is 0 Å². The number of aryl methyl sites for hydroxylation is 2. The lowest BCUT2D eigenvalue weighted by molar-refractivity contribution is 0.229. The summed E-state index contributed by atoms with van der Waals surface area (Å²) >= 11 is 0. The lowest BCUT2D eigenvalue weighted by atomic mass is 10.0. The summed E-state index contributed by atoms with van der Waals surface area (Å²) < 4.78 is 0. The Balaban J connectivity index is 1.79. The highest BCUT2D eigenvalue weighted by molar-refractivity contribution is 5.74. The van der Waals surface area contributed by atoms with E-state index in [1.807, 2.05) is 26.0 Å². The minimum absolute atomic E-state index is 0.355. The summed E-state index contributed by atoms with van der Waals surface area (Å²) in [5.74, 6) is 1.29. The van der Waals surface area contributed by atoms with Crippen LogP contribution < -0.4 is 4.90 Å². The van der Waals surface area contributed by atoms with E-state index in [0.29, 0.717) is 5.75 Å². The third-order valence-electron chi connectivity index (χ3n) is 4.98. The molecular formula is C20H29N5O. The van der Waals surface area contributed by atoms with Gasteiger partial charge < -0.3 is 14.9 Å². The summed E-state index contributed by atoms with van der Waals surface area (Å²) in [6.07, 6.45) is 3.50. The van der Waals surface area contributed by atoms with E-state index in [-0.39, 0.29) is 0 Å². The Bertz CT molecular complexity index is 731. The molecule has 1 N–H and O–H groups in total. The van der Waals surface area contributed by atoms with Crippen molar-refractivity contribution in [3.63, 3.8) is 0 Å². The van der Waals surface area contributed by atoms with Gasteiger partial charge in [-0.15, -0.1) is 0 Å². The highest BCUT2D eigenvalue weighted by atomic mass is 16.3. The molecule has 1 fully saturated rings. The molecule has 0 amide bonds. The fourth-order valence-electron chi connectivity index (χ4n) is 3.38. The summed E-state index contributed by atoms with van der Waals surface area (Å²) in [5, 5.41) is 10.1. The first-order valence-electron chi connectivity index (χ1n) is 9.19. The van der Waals surface area contributed by atoms with Crippen molar-refractivity contribution in [2.75, 3.05) is 58.3 Å². The van der Waals surface area contributed by atoms with E-state index in [1.165, 1.54) is 0 Å². The lowest BCUT2D eigenvalue weighted by Crippen LogP contribution is -2.48. The van der Waals surface area contributed by atoms with E-state index < -0.39 is 0 Å². The number of nitrogens with zero attached hydrogens (tertiary/aromatic N) is 5. The topological polar surface area (TPSA) is 55.7 Å². The van der Waals surface area contributed by atoms with Crippen molar-refractivity contribution in [2.45, 2.75) is 13.8 Å². The maximum atomic E-state index is 10.1. The van der Waals surface area contributed by atoms with Crippen LogP contribution in [0.1, 0.15) is 11.1 Å². The van der Waals surface area contributed by atoms with Gasteiger partial charge in [-0.3, -0.25) is 9.88 Å². The molecule has 140 valence electrons. The predicted molar refractivity (Wildman–Crippen MR) is 106 cm³/mol. The molecule has 0 bridgehead atoms. The number of hydrogen-bond donors (Lipinski definition) is 1. The zero-order chi connectivity index (χ0) is 18.7. The van der Waals surface area contributed by atoms with Crippen molar-refractivity contribution in [1.82, 2.24) is 19.8 Å². The molecule has 1 aliphatic rings. The fourth-order valence-corrected chi connectivity index (χ4v) is 3.38. The molecule has 3 rings (SSSR count). The third-order valence-corrected chi connectivity index (χ3v) is 4.98. The van der Waals surface area contributed by atoms with Crippen LogP contribution in [-0.4, -0.2) is 78.2 Å². The second kappa shape index (κ2) is 8.01. The molecule has 6 heteroatoms. The number of likely N-dealkylation sites (N-methyl/N-ethyl adjacent to an activating group) is 1. The average Bonchev–Trinajstić information content (AvgIpc) is 2.64. The maximum Gasteiger partial charge on any atom is 0.155 e. The van der Waals surface area contributed by atoms with Gasteiger partial charge in [-0.25, -0.2) is 4.98 Å². The van der Waals surface area contributed by atoms with Gasteiger partial charge in [0.2, 0.25) is 0 Å². The van der Waals surface area contributed by atoms with Gasteiger partial charge in [0, 0.05) is 57.2 Å². The van der Waals surface area contributed by atoms with Crippen LogP contribution in [0.2, 0.25) is 0 Å². The number of anilines is 1. The SMILES string of the molecule is Cc1cc(-c2nccnc2N2CCN(CCN(C)C)CC2)cc(C)c1O. The predicted octanol–water partition coefficient (Wildman–Crippen LogP) is 2.15. The molecule has 0 saturated carbocycles. The molecule has 0 aliphatic carbocycles. The smallest absolute Gasteiger partial charge is 0.155 e. The fraction of sp³-hybridized carbons (Fsp3) is 0.500. The second-order valence-electron chi connectivity index (χ2n) is 7.32. The Labute approximate surface area is 156 Å². The number of rotatable bonds is 5. The molecule has 1 saturated heterocycles. The van der Waals surface area contributed by atoms with Crippen LogP contribution in [0.4, 0.5) is 5.82 Å². The van der Waals surface area contributed by atoms with E-state index >= 15 is 0 Å². The van der Waals surface area contributed by atoms with E-state index in [1.54, 1.807) is 12.4 Å². The van der Waals surface area contributed by atoms with Gasteiger partial charge in [-0.2, -0.15) is 0 Å². The number of piperazine rings is 1. The average molecular weight is 355 g/mol. The normalized spacial score (nSPS) is 15.7. The molecule has 2 aromatic rings. The van der Waals surface area contributed by atoms with Gasteiger partial charge in [-0.05, 0) is 51.2 Å². The van der Waals surface area contributed by atoms with Crippen LogP contribution in [0.15, 0.2) is 24.5 Å². The first-order chi connectivity index (χ1) is 12.5. The van der Waals surface area contributed by atoms with Crippen LogP contribution >= 0.6 is 0 Å². The van der Waals surface area contributed by atoms with Gasteiger partial charge in [-0.1, -0.05) is 0 Å². The molecule has 1 aliphatic heterocycles. The summed E-state index contributed by atoms with van der Waals surface area (Å²) in [6.45, 7) is 10.0. The second-order valence-corrected chi connectivity index (χ2v) is 7.32. The van der Waals surface area contributed by atoms with Gasteiger partial charge >= 0.3 is 0 Å². The minimum atomic E-state index is 0.355. The highest BCUT2D eigenvalue weighted by Crippen LogP contribution is 2.32. The molecule has 2 heterocycles. The van der Waals surface area contributed by atoms with Crippen molar-refractivity contribution in [2.24, 2.45) is 0 Å². The number of aromatic hydroxyl groups is 1. The van der Waals surface area contributed by atoms with E-state index in [9.17, 15) is 5.11 Å². The summed E-state index contributed by atoms with van der Waals surface area (Å²) in [5.41, 5.74) is 3.63. The monoisotopic (exact) mass is 355 g/mol. The molecule has 1 aromatic carbocycles. The molecule has 0 spiro atoms. The Morgan fingerprint density at radius 1 is 1.00 bits per heavy atom. The largest absolute Gasteiger partial charge is 0.507 e. The third kappa shape index (κ3) is 4.14. The number of hydrogen-bond acceptors (Lipinski definition) is 6. The van der Waals surface area contributed by atoms with Gasteiger partial charge in [0.15, 0.2) is 5.82 Å². The number of benzene rings is 1. The van der Waals surface area contributed by atoms with Crippen molar-refractivity contribution in [3.8, 4) is 17.0 Å². The van der Waals surface area contributed by atoms with Crippen LogP contribution in [-0.2, 0) is 0 Å². The number of aromatic nitrogens is 2. The molecule has 26 heavy (non-hydrogen) atoms. The summed E-state index contributed by atoms with van der Waals surface area (Å²) in [4.78, 5) is 16.3. The number of phenols is 1. The standard InChI is InChI=1S/C20H29N5O/c1-15-13-17(14-16(2)19(15)26)18-20(22-6-5-21-18)25-11-9-24(10-12-25)8-7-23(3)4/h5-6,13-14,26H,7-12H2,1-4H3. The molecule has 0 unspecified atom stereocenters. The maximum absolute atomic E-state index is 10.1. The first kappa shape index (κ1) is 18.6. The molecule has 6 nitrogen and oxygen atoms in total. The van der Waals surface area contributed by atoms with E-state index in [0.717, 1.165) is 67.5 Å². The van der Waals surface area contributed by atoms with E-state index in [4.69, 9.17) is 0 Å². The van der Waals surface area contributed by atoms with Crippen molar-refractivity contribution in [1.29, 1.82) is 0 Å². The number of phenolic OH excluding ortho intramolecular Hbond substituents is 1. The molecule has 1 aromatic heterocycles. The Kier molecular flexibility index (Phi) is 5.74. The lowest BCUT2D eigenvalue weighted by Gasteiger charge is -2.36. The zero-order valence-electron chi connectivity index (χ0n) is 16.2. The van der Waals surface area contributed by atoms with Crippen LogP contribution in [0.5, 0.6) is 5.75 Å². The van der Waals surface area contributed by atoms with Crippen molar-refractivity contribution >= 4 is 5.82 Å². The highest BCUT2D eigenvalue weighted by Gasteiger charge is 2.21. The Morgan fingerprint density at radius 2 is 1.62 bits per heavy atom. The Hall–Kier alpha value is -2.18.